The highest BCUT2D eigenvalue weighted by molar-refractivity contribution is 5.27. The maximum absolute atomic E-state index is 6.03. The molecule has 1 aromatic carbocycles. The minimum Gasteiger partial charge on any atom is -0.490 e. The second-order valence-electron chi connectivity index (χ2n) is 5.01. The van der Waals surface area contributed by atoms with E-state index >= 15 is 0 Å². The van der Waals surface area contributed by atoms with Crippen molar-refractivity contribution in [3.8, 4) is 5.75 Å². The van der Waals surface area contributed by atoms with E-state index in [2.05, 4.69) is 38.1 Å². The molecule has 0 amide bonds. The molecule has 1 aliphatic rings. The predicted molar refractivity (Wildman–Crippen MR) is 67.9 cm³/mol. The molecule has 2 rings (SSSR count). The van der Waals surface area contributed by atoms with Crippen LogP contribution < -0.4 is 4.74 Å². The summed E-state index contributed by atoms with van der Waals surface area (Å²) in [5.41, 5.74) is 1.38. The summed E-state index contributed by atoms with van der Waals surface area (Å²) < 4.78 is 6.03. The zero-order valence-corrected chi connectivity index (χ0v) is 10.4. The first kappa shape index (κ1) is 11.5. The van der Waals surface area contributed by atoms with Crippen LogP contribution in [0.15, 0.2) is 24.3 Å². The maximum atomic E-state index is 6.03. The Kier molecular flexibility index (Phi) is 3.87. The van der Waals surface area contributed by atoms with Crippen LogP contribution in [-0.2, 0) is 6.42 Å². The van der Waals surface area contributed by atoms with Gasteiger partial charge < -0.3 is 4.74 Å². The Balaban J connectivity index is 1.92. The van der Waals surface area contributed by atoms with Crippen molar-refractivity contribution < 1.29 is 4.74 Å². The van der Waals surface area contributed by atoms with Gasteiger partial charge in [0.2, 0.25) is 0 Å². The number of hydrogen-bond acceptors (Lipinski definition) is 1. The van der Waals surface area contributed by atoms with Crippen molar-refractivity contribution in [3.63, 3.8) is 0 Å². The molecule has 1 fully saturated rings. The molecule has 1 saturated carbocycles. The molecule has 1 nitrogen and oxygen atoms in total. The molecule has 88 valence electrons. The molecule has 0 spiro atoms. The van der Waals surface area contributed by atoms with Gasteiger partial charge in [0.25, 0.3) is 0 Å². The van der Waals surface area contributed by atoms with Crippen molar-refractivity contribution in [2.45, 2.75) is 52.1 Å². The highest BCUT2D eigenvalue weighted by Crippen LogP contribution is 2.27. The summed E-state index contributed by atoms with van der Waals surface area (Å²) in [6, 6.07) is 8.55. The van der Waals surface area contributed by atoms with Crippen LogP contribution in [0.4, 0.5) is 0 Å². The number of aryl methyl sites for hydroxylation is 1. The van der Waals surface area contributed by atoms with Gasteiger partial charge in [-0.2, -0.15) is 0 Å². The SMILES string of the molecule is CCc1ccc(OC2CCCC(C)C2)cc1. The van der Waals surface area contributed by atoms with Crippen molar-refractivity contribution in [3.05, 3.63) is 29.8 Å². The first-order chi connectivity index (χ1) is 7.78. The molecule has 0 radical (unpaired) electrons. The molecule has 1 aromatic rings. The molecule has 2 atom stereocenters. The summed E-state index contributed by atoms with van der Waals surface area (Å²) >= 11 is 0. The minimum absolute atomic E-state index is 0.441. The third kappa shape index (κ3) is 3.01. The van der Waals surface area contributed by atoms with E-state index in [1.807, 2.05) is 0 Å². The summed E-state index contributed by atoms with van der Waals surface area (Å²) in [5, 5.41) is 0. The Morgan fingerprint density at radius 3 is 2.56 bits per heavy atom. The first-order valence-electron chi connectivity index (χ1n) is 6.53. The van der Waals surface area contributed by atoms with Gasteiger partial charge in [0, 0.05) is 0 Å². The van der Waals surface area contributed by atoms with Crippen LogP contribution in [0.2, 0.25) is 0 Å². The van der Waals surface area contributed by atoms with Crippen LogP contribution in [0, 0.1) is 5.92 Å². The Labute approximate surface area is 98.8 Å². The van der Waals surface area contributed by atoms with E-state index in [4.69, 9.17) is 4.74 Å². The zero-order chi connectivity index (χ0) is 11.4. The van der Waals surface area contributed by atoms with Crippen molar-refractivity contribution >= 4 is 0 Å². The third-order valence-corrected chi connectivity index (χ3v) is 3.52. The van der Waals surface area contributed by atoms with Crippen molar-refractivity contribution in [1.29, 1.82) is 0 Å². The topological polar surface area (TPSA) is 9.23 Å². The highest BCUT2D eigenvalue weighted by Gasteiger charge is 2.19. The van der Waals surface area contributed by atoms with Gasteiger partial charge in [-0.1, -0.05) is 32.4 Å². The Morgan fingerprint density at radius 1 is 1.19 bits per heavy atom. The van der Waals surface area contributed by atoms with Crippen molar-refractivity contribution in [2.75, 3.05) is 0 Å². The summed E-state index contributed by atoms with van der Waals surface area (Å²) in [6.45, 7) is 4.51. The minimum atomic E-state index is 0.441. The van der Waals surface area contributed by atoms with Gasteiger partial charge in [-0.05, 0) is 49.3 Å². The van der Waals surface area contributed by atoms with Crippen LogP contribution in [0.5, 0.6) is 5.75 Å². The monoisotopic (exact) mass is 218 g/mol. The second kappa shape index (κ2) is 5.38. The molecule has 0 bridgehead atoms. The van der Waals surface area contributed by atoms with E-state index in [1.165, 1.54) is 31.2 Å². The molecular formula is C15H22O. The second-order valence-corrected chi connectivity index (χ2v) is 5.01. The molecule has 0 aliphatic heterocycles. The number of ether oxygens (including phenoxy) is 1. The molecule has 16 heavy (non-hydrogen) atoms. The summed E-state index contributed by atoms with van der Waals surface area (Å²) in [4.78, 5) is 0. The summed E-state index contributed by atoms with van der Waals surface area (Å²) in [7, 11) is 0. The van der Waals surface area contributed by atoms with E-state index in [9.17, 15) is 0 Å². The summed E-state index contributed by atoms with van der Waals surface area (Å²) in [6.07, 6.45) is 6.67. The van der Waals surface area contributed by atoms with Gasteiger partial charge in [-0.25, -0.2) is 0 Å². The van der Waals surface area contributed by atoms with Crippen molar-refractivity contribution in [1.82, 2.24) is 0 Å². The lowest BCUT2D eigenvalue weighted by Crippen LogP contribution is -2.24. The normalized spacial score (nSPS) is 25.4. The van der Waals surface area contributed by atoms with Gasteiger partial charge in [-0.15, -0.1) is 0 Å². The Bertz CT molecular complexity index is 315. The maximum Gasteiger partial charge on any atom is 0.119 e. The van der Waals surface area contributed by atoms with Crippen LogP contribution in [-0.4, -0.2) is 6.10 Å². The molecular weight excluding hydrogens is 196 g/mol. The van der Waals surface area contributed by atoms with E-state index in [1.54, 1.807) is 0 Å². The summed E-state index contributed by atoms with van der Waals surface area (Å²) in [5.74, 6) is 1.87. The number of hydrogen-bond donors (Lipinski definition) is 0. The molecule has 0 saturated heterocycles. The fraction of sp³-hybridized carbons (Fsp3) is 0.600. The highest BCUT2D eigenvalue weighted by atomic mass is 16.5. The molecule has 1 heteroatoms. The van der Waals surface area contributed by atoms with Crippen LogP contribution in [0.25, 0.3) is 0 Å². The third-order valence-electron chi connectivity index (χ3n) is 3.52. The smallest absolute Gasteiger partial charge is 0.119 e. The Hall–Kier alpha value is -0.980. The largest absolute Gasteiger partial charge is 0.490 e. The molecule has 0 N–H and O–H groups in total. The zero-order valence-electron chi connectivity index (χ0n) is 10.4. The van der Waals surface area contributed by atoms with E-state index < -0.39 is 0 Å². The van der Waals surface area contributed by atoms with E-state index in [-0.39, 0.29) is 0 Å². The molecule has 0 heterocycles. The van der Waals surface area contributed by atoms with Gasteiger partial charge in [-0.3, -0.25) is 0 Å². The Morgan fingerprint density at radius 2 is 1.94 bits per heavy atom. The van der Waals surface area contributed by atoms with Crippen LogP contribution in [0.1, 0.15) is 45.1 Å². The fourth-order valence-corrected chi connectivity index (χ4v) is 2.48. The van der Waals surface area contributed by atoms with E-state index in [0.29, 0.717) is 6.10 Å². The number of benzene rings is 1. The molecule has 1 aliphatic carbocycles. The molecule has 2 unspecified atom stereocenters. The first-order valence-corrected chi connectivity index (χ1v) is 6.53. The van der Waals surface area contributed by atoms with Crippen LogP contribution in [0.3, 0.4) is 0 Å². The standard InChI is InChI=1S/C15H22O/c1-3-13-7-9-14(10-8-13)16-15-6-4-5-12(2)11-15/h7-10,12,15H,3-6,11H2,1-2H3. The lowest BCUT2D eigenvalue weighted by atomic mass is 9.89. The lowest BCUT2D eigenvalue weighted by Gasteiger charge is -2.27. The number of rotatable bonds is 3. The van der Waals surface area contributed by atoms with Gasteiger partial charge in [0.15, 0.2) is 0 Å². The van der Waals surface area contributed by atoms with E-state index in [0.717, 1.165) is 18.1 Å². The molecule has 0 aromatic heterocycles. The van der Waals surface area contributed by atoms with Gasteiger partial charge in [0.1, 0.15) is 5.75 Å². The van der Waals surface area contributed by atoms with Crippen molar-refractivity contribution in [2.24, 2.45) is 5.92 Å². The average Bonchev–Trinajstić information content (AvgIpc) is 2.30. The average molecular weight is 218 g/mol. The quantitative estimate of drug-likeness (QED) is 0.738. The fourth-order valence-electron chi connectivity index (χ4n) is 2.48. The van der Waals surface area contributed by atoms with Gasteiger partial charge >= 0.3 is 0 Å². The predicted octanol–water partition coefficient (Wildman–Crippen LogP) is 4.21. The van der Waals surface area contributed by atoms with Crippen LogP contribution >= 0.6 is 0 Å². The lowest BCUT2D eigenvalue weighted by molar-refractivity contribution is 0.129. The van der Waals surface area contributed by atoms with Gasteiger partial charge in [0.05, 0.1) is 6.10 Å².